The second kappa shape index (κ2) is 3.96. The van der Waals surface area contributed by atoms with Gasteiger partial charge in [0.2, 0.25) is 5.91 Å². The molecule has 0 radical (unpaired) electrons. The summed E-state index contributed by atoms with van der Waals surface area (Å²) in [5, 5.41) is 8.88. The van der Waals surface area contributed by atoms with Gasteiger partial charge in [0.05, 0.1) is 5.56 Å². The highest BCUT2D eigenvalue weighted by Crippen LogP contribution is 2.26. The molecular formula is C12H13NO3. The topological polar surface area (TPSA) is 57.6 Å². The first-order valence-corrected chi connectivity index (χ1v) is 5.25. The van der Waals surface area contributed by atoms with Gasteiger partial charge in [-0.15, -0.1) is 0 Å². The van der Waals surface area contributed by atoms with Crippen molar-refractivity contribution >= 4 is 17.6 Å². The van der Waals surface area contributed by atoms with Crippen LogP contribution in [0, 0.1) is 0 Å². The fraction of sp³-hybridized carbons (Fsp3) is 0.333. The van der Waals surface area contributed by atoms with Crippen molar-refractivity contribution in [1.82, 2.24) is 0 Å². The van der Waals surface area contributed by atoms with E-state index in [4.69, 9.17) is 5.11 Å². The molecule has 1 aliphatic rings. The first kappa shape index (κ1) is 10.7. The highest BCUT2D eigenvalue weighted by atomic mass is 16.4. The predicted octanol–water partition coefficient (Wildman–Crippen LogP) is 1.90. The maximum Gasteiger partial charge on any atom is 0.335 e. The summed E-state index contributed by atoms with van der Waals surface area (Å²) in [6.45, 7) is 1.97. The van der Waals surface area contributed by atoms with Gasteiger partial charge in [0.25, 0.3) is 0 Å². The van der Waals surface area contributed by atoms with Crippen molar-refractivity contribution in [2.24, 2.45) is 0 Å². The molecule has 1 amide bonds. The standard InChI is InChI=1S/C12H13NO3/c1-8-5-6-11(14)13(8)10-4-2-3-9(7-10)12(15)16/h2-4,7-8H,5-6H2,1H3,(H,15,16). The molecule has 4 nitrogen and oxygen atoms in total. The zero-order chi connectivity index (χ0) is 11.7. The highest BCUT2D eigenvalue weighted by molar-refractivity contribution is 5.97. The van der Waals surface area contributed by atoms with E-state index in [-0.39, 0.29) is 17.5 Å². The number of carbonyl (C=O) groups is 2. The minimum Gasteiger partial charge on any atom is -0.478 e. The number of carbonyl (C=O) groups excluding carboxylic acids is 1. The molecule has 1 aliphatic heterocycles. The van der Waals surface area contributed by atoms with Crippen LogP contribution >= 0.6 is 0 Å². The number of anilines is 1. The van der Waals surface area contributed by atoms with E-state index in [1.165, 1.54) is 6.07 Å². The zero-order valence-corrected chi connectivity index (χ0v) is 9.01. The molecule has 1 saturated heterocycles. The number of hydrogen-bond acceptors (Lipinski definition) is 2. The first-order valence-electron chi connectivity index (χ1n) is 5.25. The Hall–Kier alpha value is -1.84. The Bertz CT molecular complexity index is 442. The summed E-state index contributed by atoms with van der Waals surface area (Å²) in [5.41, 5.74) is 0.888. The van der Waals surface area contributed by atoms with Crippen LogP contribution in [0.5, 0.6) is 0 Å². The van der Waals surface area contributed by atoms with Crippen molar-refractivity contribution in [2.45, 2.75) is 25.8 Å². The molecule has 1 heterocycles. The van der Waals surface area contributed by atoms with Crippen molar-refractivity contribution < 1.29 is 14.7 Å². The van der Waals surface area contributed by atoms with Crippen molar-refractivity contribution in [1.29, 1.82) is 0 Å². The summed E-state index contributed by atoms with van der Waals surface area (Å²) in [6.07, 6.45) is 1.37. The summed E-state index contributed by atoms with van der Waals surface area (Å²) in [5.74, 6) is -0.906. The molecule has 4 heteroatoms. The van der Waals surface area contributed by atoms with Crippen LogP contribution < -0.4 is 4.90 Å². The molecule has 1 fully saturated rings. The average Bonchev–Trinajstić information content (AvgIpc) is 2.59. The van der Waals surface area contributed by atoms with Crippen LogP contribution in [-0.4, -0.2) is 23.0 Å². The van der Waals surface area contributed by atoms with Crippen LogP contribution in [0.15, 0.2) is 24.3 Å². The largest absolute Gasteiger partial charge is 0.478 e. The number of amides is 1. The quantitative estimate of drug-likeness (QED) is 0.826. The maximum atomic E-state index is 11.6. The van der Waals surface area contributed by atoms with Gasteiger partial charge >= 0.3 is 5.97 Å². The lowest BCUT2D eigenvalue weighted by atomic mass is 10.1. The van der Waals surface area contributed by atoms with E-state index < -0.39 is 5.97 Å². The second-order valence-electron chi connectivity index (χ2n) is 4.01. The summed E-state index contributed by atoms with van der Waals surface area (Å²) >= 11 is 0. The number of rotatable bonds is 2. The third-order valence-electron chi connectivity index (χ3n) is 2.86. The molecule has 0 bridgehead atoms. The third kappa shape index (κ3) is 1.78. The van der Waals surface area contributed by atoms with Gasteiger partial charge in [-0.05, 0) is 31.5 Å². The normalized spacial score (nSPS) is 20.2. The Morgan fingerprint density at radius 1 is 1.50 bits per heavy atom. The van der Waals surface area contributed by atoms with Crippen molar-refractivity contribution in [2.75, 3.05) is 4.90 Å². The number of aromatic carboxylic acids is 1. The summed E-state index contributed by atoms with van der Waals surface area (Å²) in [4.78, 5) is 24.1. The molecule has 16 heavy (non-hydrogen) atoms. The van der Waals surface area contributed by atoms with E-state index in [1.807, 2.05) is 6.92 Å². The van der Waals surface area contributed by atoms with Crippen molar-refractivity contribution in [3.63, 3.8) is 0 Å². The van der Waals surface area contributed by atoms with Crippen LogP contribution in [0.4, 0.5) is 5.69 Å². The Morgan fingerprint density at radius 3 is 2.81 bits per heavy atom. The van der Waals surface area contributed by atoms with Crippen molar-refractivity contribution in [3.8, 4) is 0 Å². The fourth-order valence-electron chi connectivity index (χ4n) is 2.01. The van der Waals surface area contributed by atoms with Gasteiger partial charge in [0, 0.05) is 18.2 Å². The predicted molar refractivity (Wildman–Crippen MR) is 59.6 cm³/mol. The first-order chi connectivity index (χ1) is 7.59. The molecule has 2 rings (SSSR count). The molecule has 1 aromatic rings. The lowest BCUT2D eigenvalue weighted by Gasteiger charge is -2.21. The molecule has 1 atom stereocenters. The Balaban J connectivity index is 2.36. The summed E-state index contributed by atoms with van der Waals surface area (Å²) in [6, 6.07) is 6.65. The number of carboxylic acids is 1. The molecule has 0 aliphatic carbocycles. The number of nitrogens with zero attached hydrogens (tertiary/aromatic N) is 1. The SMILES string of the molecule is CC1CCC(=O)N1c1cccc(C(=O)O)c1. The van der Waals surface area contributed by atoms with E-state index in [0.29, 0.717) is 12.1 Å². The number of carboxylic acid groups (broad SMARTS) is 1. The van der Waals surface area contributed by atoms with Crippen LogP contribution in [0.25, 0.3) is 0 Å². The summed E-state index contributed by atoms with van der Waals surface area (Å²) < 4.78 is 0. The highest BCUT2D eigenvalue weighted by Gasteiger charge is 2.28. The Morgan fingerprint density at radius 2 is 2.25 bits per heavy atom. The molecular weight excluding hydrogens is 206 g/mol. The van der Waals surface area contributed by atoms with Crippen LogP contribution in [0.1, 0.15) is 30.1 Å². The zero-order valence-electron chi connectivity index (χ0n) is 9.01. The minimum absolute atomic E-state index is 0.0649. The third-order valence-corrected chi connectivity index (χ3v) is 2.86. The van der Waals surface area contributed by atoms with Crippen LogP contribution in [0.3, 0.4) is 0 Å². The molecule has 1 aromatic carbocycles. The lowest BCUT2D eigenvalue weighted by molar-refractivity contribution is -0.117. The average molecular weight is 219 g/mol. The van der Waals surface area contributed by atoms with E-state index in [2.05, 4.69) is 0 Å². The van der Waals surface area contributed by atoms with Gasteiger partial charge in [-0.1, -0.05) is 6.07 Å². The molecule has 0 saturated carbocycles. The van der Waals surface area contributed by atoms with E-state index >= 15 is 0 Å². The van der Waals surface area contributed by atoms with Gasteiger partial charge in [-0.25, -0.2) is 4.79 Å². The summed E-state index contributed by atoms with van der Waals surface area (Å²) in [7, 11) is 0. The lowest BCUT2D eigenvalue weighted by Crippen LogP contribution is -2.30. The van der Waals surface area contributed by atoms with Crippen LogP contribution in [-0.2, 0) is 4.79 Å². The molecule has 1 unspecified atom stereocenters. The molecule has 1 N–H and O–H groups in total. The molecule has 0 aromatic heterocycles. The maximum absolute atomic E-state index is 11.6. The second-order valence-corrected chi connectivity index (χ2v) is 4.01. The van der Waals surface area contributed by atoms with Crippen molar-refractivity contribution in [3.05, 3.63) is 29.8 Å². The monoisotopic (exact) mass is 219 g/mol. The van der Waals surface area contributed by atoms with Gasteiger partial charge in [0.15, 0.2) is 0 Å². The Labute approximate surface area is 93.5 Å². The van der Waals surface area contributed by atoms with Gasteiger partial charge in [0.1, 0.15) is 0 Å². The fourth-order valence-corrected chi connectivity index (χ4v) is 2.01. The molecule has 84 valence electrons. The smallest absolute Gasteiger partial charge is 0.335 e. The van der Waals surface area contributed by atoms with Gasteiger partial charge in [-0.3, -0.25) is 4.79 Å². The number of benzene rings is 1. The van der Waals surface area contributed by atoms with Crippen LogP contribution in [0.2, 0.25) is 0 Å². The van der Waals surface area contributed by atoms with E-state index in [9.17, 15) is 9.59 Å². The van der Waals surface area contributed by atoms with Gasteiger partial charge < -0.3 is 10.0 Å². The minimum atomic E-state index is -0.971. The molecule has 0 spiro atoms. The van der Waals surface area contributed by atoms with E-state index in [0.717, 1.165) is 6.42 Å². The van der Waals surface area contributed by atoms with Gasteiger partial charge in [-0.2, -0.15) is 0 Å². The van der Waals surface area contributed by atoms with E-state index in [1.54, 1.807) is 23.1 Å². The Kier molecular flexibility index (Phi) is 2.64. The number of hydrogen-bond donors (Lipinski definition) is 1.